The lowest BCUT2D eigenvalue weighted by atomic mass is 10.1. The Kier molecular flexibility index (Phi) is 6.10. The summed E-state index contributed by atoms with van der Waals surface area (Å²) in [6.07, 6.45) is 4.08. The summed E-state index contributed by atoms with van der Waals surface area (Å²) in [4.78, 5) is 1.65. The van der Waals surface area contributed by atoms with Crippen molar-refractivity contribution in [3.8, 4) is 5.75 Å². The van der Waals surface area contributed by atoms with Crippen LogP contribution in [0.15, 0.2) is 18.2 Å². The Bertz CT molecular complexity index is 351. The molecule has 0 bridgehead atoms. The van der Waals surface area contributed by atoms with Gasteiger partial charge in [0, 0.05) is 10.6 Å². The van der Waals surface area contributed by atoms with Gasteiger partial charge in [-0.25, -0.2) is 0 Å². The molecule has 2 rings (SSSR count). The lowest BCUT2D eigenvalue weighted by Gasteiger charge is -2.24. The van der Waals surface area contributed by atoms with Gasteiger partial charge >= 0.3 is 0 Å². The molecule has 1 aromatic rings. The van der Waals surface area contributed by atoms with Crippen LogP contribution in [-0.2, 0) is 6.54 Å². The first-order valence-corrected chi connectivity index (χ1v) is 6.33. The molecule has 96 valence electrons. The fourth-order valence-corrected chi connectivity index (χ4v) is 2.58. The molecular weight excluding hydrogens is 257 g/mol. The molecule has 0 amide bonds. The van der Waals surface area contributed by atoms with Gasteiger partial charge in [-0.2, -0.15) is 0 Å². The molecule has 0 aliphatic carbocycles. The Morgan fingerprint density at radius 3 is 2.59 bits per heavy atom. The molecule has 1 N–H and O–H groups in total. The van der Waals surface area contributed by atoms with Crippen LogP contribution in [0.3, 0.4) is 0 Å². The topological polar surface area (TPSA) is 13.7 Å². The predicted molar refractivity (Wildman–Crippen MR) is 66.3 cm³/mol. The van der Waals surface area contributed by atoms with Crippen LogP contribution in [0.25, 0.3) is 0 Å². The van der Waals surface area contributed by atoms with Gasteiger partial charge in [0.05, 0.1) is 20.2 Å². The molecule has 1 aliphatic heterocycles. The number of likely N-dealkylation sites (tertiary alicyclic amines) is 1. The van der Waals surface area contributed by atoms with E-state index in [1.807, 2.05) is 18.2 Å². The van der Waals surface area contributed by atoms with E-state index in [1.54, 1.807) is 12.0 Å². The van der Waals surface area contributed by atoms with Crippen molar-refractivity contribution in [2.75, 3.05) is 20.2 Å². The molecular formula is C13H19Cl2NO. The van der Waals surface area contributed by atoms with Gasteiger partial charge < -0.3 is 22.0 Å². The highest BCUT2D eigenvalue weighted by Gasteiger charge is 2.16. The number of piperidine rings is 1. The van der Waals surface area contributed by atoms with Crippen molar-refractivity contribution in [1.82, 2.24) is 0 Å². The number of halogens is 2. The van der Waals surface area contributed by atoms with E-state index in [2.05, 4.69) is 0 Å². The molecule has 1 aromatic carbocycles. The van der Waals surface area contributed by atoms with E-state index in [9.17, 15) is 0 Å². The molecule has 0 unspecified atom stereocenters. The molecule has 1 aliphatic rings. The van der Waals surface area contributed by atoms with E-state index in [0.717, 1.165) is 17.3 Å². The van der Waals surface area contributed by atoms with E-state index in [4.69, 9.17) is 16.3 Å². The highest BCUT2D eigenvalue weighted by Crippen LogP contribution is 2.21. The van der Waals surface area contributed by atoms with Crippen molar-refractivity contribution in [3.63, 3.8) is 0 Å². The van der Waals surface area contributed by atoms with Crippen LogP contribution in [0.2, 0.25) is 5.02 Å². The molecule has 17 heavy (non-hydrogen) atoms. The molecule has 1 saturated heterocycles. The summed E-state index contributed by atoms with van der Waals surface area (Å²) < 4.78 is 5.37. The van der Waals surface area contributed by atoms with E-state index in [-0.39, 0.29) is 12.4 Å². The summed E-state index contributed by atoms with van der Waals surface area (Å²) in [6, 6.07) is 5.87. The minimum atomic E-state index is 0. The maximum atomic E-state index is 6.03. The number of nitrogens with one attached hydrogen (secondary N) is 1. The predicted octanol–water partition coefficient (Wildman–Crippen LogP) is -1.08. The molecule has 1 fully saturated rings. The SMILES string of the molecule is COc1ccc(Cl)cc1C[NH+]1CCCCC1.[Cl-]. The fraction of sp³-hybridized carbons (Fsp3) is 0.538. The van der Waals surface area contributed by atoms with Gasteiger partial charge in [0.15, 0.2) is 0 Å². The minimum Gasteiger partial charge on any atom is -1.00 e. The van der Waals surface area contributed by atoms with Crippen molar-refractivity contribution in [1.29, 1.82) is 0 Å². The Hall–Kier alpha value is -0.440. The number of ether oxygens (including phenoxy) is 1. The van der Waals surface area contributed by atoms with Gasteiger partial charge in [0.2, 0.25) is 0 Å². The molecule has 0 spiro atoms. The van der Waals surface area contributed by atoms with E-state index >= 15 is 0 Å². The lowest BCUT2D eigenvalue weighted by molar-refractivity contribution is -0.918. The molecule has 0 aromatic heterocycles. The quantitative estimate of drug-likeness (QED) is 0.741. The monoisotopic (exact) mass is 275 g/mol. The largest absolute Gasteiger partial charge is 1.00 e. The van der Waals surface area contributed by atoms with Crippen molar-refractivity contribution in [2.24, 2.45) is 0 Å². The zero-order chi connectivity index (χ0) is 11.4. The third kappa shape index (κ3) is 4.06. The van der Waals surface area contributed by atoms with Crippen LogP contribution in [0.4, 0.5) is 0 Å². The molecule has 1 heterocycles. The number of quaternary nitrogens is 1. The van der Waals surface area contributed by atoms with Gasteiger partial charge in [-0.3, -0.25) is 0 Å². The zero-order valence-corrected chi connectivity index (χ0v) is 11.7. The van der Waals surface area contributed by atoms with Gasteiger partial charge in [-0.15, -0.1) is 0 Å². The number of benzene rings is 1. The molecule has 0 saturated carbocycles. The zero-order valence-electron chi connectivity index (χ0n) is 10.1. The smallest absolute Gasteiger partial charge is 0.127 e. The number of methoxy groups -OCH3 is 1. The second-order valence-corrected chi connectivity index (χ2v) is 4.88. The Morgan fingerprint density at radius 2 is 1.94 bits per heavy atom. The van der Waals surface area contributed by atoms with Crippen LogP contribution in [0.5, 0.6) is 5.75 Å². The van der Waals surface area contributed by atoms with Crippen LogP contribution in [0.1, 0.15) is 24.8 Å². The molecule has 0 radical (unpaired) electrons. The van der Waals surface area contributed by atoms with E-state index in [0.29, 0.717) is 0 Å². The van der Waals surface area contributed by atoms with Crippen molar-refractivity contribution in [2.45, 2.75) is 25.8 Å². The lowest BCUT2D eigenvalue weighted by Crippen LogP contribution is -3.11. The average Bonchev–Trinajstić information content (AvgIpc) is 2.31. The summed E-state index contributed by atoms with van der Waals surface area (Å²) in [5.74, 6) is 0.961. The summed E-state index contributed by atoms with van der Waals surface area (Å²) in [6.45, 7) is 3.58. The third-order valence-corrected chi connectivity index (χ3v) is 3.48. The number of hydrogen-bond donors (Lipinski definition) is 1. The van der Waals surface area contributed by atoms with Gasteiger partial charge in [0.25, 0.3) is 0 Å². The Labute approximate surface area is 114 Å². The van der Waals surface area contributed by atoms with Gasteiger partial charge in [-0.05, 0) is 37.5 Å². The van der Waals surface area contributed by atoms with Gasteiger partial charge in [-0.1, -0.05) is 11.6 Å². The summed E-state index contributed by atoms with van der Waals surface area (Å²) in [5, 5.41) is 0.798. The van der Waals surface area contributed by atoms with Crippen LogP contribution < -0.4 is 22.0 Å². The van der Waals surface area contributed by atoms with Crippen molar-refractivity contribution >= 4 is 11.6 Å². The second kappa shape index (κ2) is 7.10. The fourth-order valence-electron chi connectivity index (χ4n) is 2.38. The first kappa shape index (κ1) is 14.6. The first-order valence-electron chi connectivity index (χ1n) is 5.95. The summed E-state index contributed by atoms with van der Waals surface area (Å²) in [5.41, 5.74) is 1.23. The third-order valence-electron chi connectivity index (χ3n) is 3.24. The first-order chi connectivity index (χ1) is 7.79. The average molecular weight is 276 g/mol. The normalized spacial score (nSPS) is 16.4. The van der Waals surface area contributed by atoms with Crippen LogP contribution in [-0.4, -0.2) is 20.2 Å². The highest BCUT2D eigenvalue weighted by atomic mass is 35.5. The van der Waals surface area contributed by atoms with Gasteiger partial charge in [0.1, 0.15) is 12.3 Å². The maximum Gasteiger partial charge on any atom is 0.127 e. The summed E-state index contributed by atoms with van der Waals surface area (Å²) >= 11 is 6.03. The van der Waals surface area contributed by atoms with Crippen molar-refractivity contribution in [3.05, 3.63) is 28.8 Å². The highest BCUT2D eigenvalue weighted by molar-refractivity contribution is 6.30. The Morgan fingerprint density at radius 1 is 1.24 bits per heavy atom. The Balaban J connectivity index is 0.00000144. The number of rotatable bonds is 3. The van der Waals surface area contributed by atoms with Crippen LogP contribution >= 0.6 is 11.6 Å². The van der Waals surface area contributed by atoms with Crippen molar-refractivity contribution < 1.29 is 22.0 Å². The molecule has 0 atom stereocenters. The van der Waals surface area contributed by atoms with Crippen LogP contribution in [0, 0.1) is 0 Å². The second-order valence-electron chi connectivity index (χ2n) is 4.44. The molecule has 2 nitrogen and oxygen atoms in total. The molecule has 4 heteroatoms. The number of hydrogen-bond acceptors (Lipinski definition) is 1. The minimum absolute atomic E-state index is 0. The van der Waals surface area contributed by atoms with E-state index < -0.39 is 0 Å². The maximum absolute atomic E-state index is 6.03. The standard InChI is InChI=1S/C13H18ClNO.ClH/c1-16-13-6-5-12(14)9-11(13)10-15-7-3-2-4-8-15;/h5-6,9H,2-4,7-8,10H2,1H3;1H. The summed E-state index contributed by atoms with van der Waals surface area (Å²) in [7, 11) is 1.72. The van der Waals surface area contributed by atoms with E-state index in [1.165, 1.54) is 37.9 Å².